The molecule has 98 valence electrons. The van der Waals surface area contributed by atoms with E-state index in [1.807, 2.05) is 36.0 Å². The second kappa shape index (κ2) is 6.66. The van der Waals surface area contributed by atoms with E-state index in [9.17, 15) is 0 Å². The predicted octanol–water partition coefficient (Wildman–Crippen LogP) is 1.77. The Bertz CT molecular complexity index is 399. The van der Waals surface area contributed by atoms with Crippen LogP contribution in [-0.4, -0.2) is 28.6 Å². The lowest BCUT2D eigenvalue weighted by Gasteiger charge is -2.22. The average molecular weight is 265 g/mol. The molecule has 1 fully saturated rings. The van der Waals surface area contributed by atoms with Crippen molar-refractivity contribution in [1.29, 1.82) is 0 Å². The Balaban J connectivity index is 1.86. The number of benzene rings is 1. The largest absolute Gasteiger partial charge is 0.409 e. The van der Waals surface area contributed by atoms with Gasteiger partial charge < -0.3 is 16.3 Å². The maximum Gasteiger partial charge on any atom is 0.170 e. The number of hydrogen-bond acceptors (Lipinski definition) is 4. The van der Waals surface area contributed by atoms with Crippen LogP contribution in [0.4, 0.5) is 0 Å². The molecule has 1 aliphatic heterocycles. The van der Waals surface area contributed by atoms with Gasteiger partial charge in [0.1, 0.15) is 0 Å². The molecule has 5 heteroatoms. The van der Waals surface area contributed by atoms with Crippen molar-refractivity contribution in [3.63, 3.8) is 0 Å². The number of thioether (sulfide) groups is 1. The lowest BCUT2D eigenvalue weighted by Crippen LogP contribution is -2.33. The van der Waals surface area contributed by atoms with Crippen LogP contribution >= 0.6 is 11.8 Å². The molecule has 1 heterocycles. The lowest BCUT2D eigenvalue weighted by atomic mass is 10.1. The van der Waals surface area contributed by atoms with Gasteiger partial charge in [-0.15, -0.1) is 0 Å². The molecular formula is C13H19N3OS. The van der Waals surface area contributed by atoms with Crippen LogP contribution in [0.25, 0.3) is 0 Å². The van der Waals surface area contributed by atoms with Crippen molar-refractivity contribution in [3.8, 4) is 0 Å². The van der Waals surface area contributed by atoms with E-state index in [0.717, 1.165) is 12.1 Å². The molecule has 4 N–H and O–H groups in total. The highest BCUT2D eigenvalue weighted by Gasteiger charge is 2.12. The predicted molar refractivity (Wildman–Crippen MR) is 76.1 cm³/mol. The summed E-state index contributed by atoms with van der Waals surface area (Å²) in [5.74, 6) is 2.66. The van der Waals surface area contributed by atoms with Crippen molar-refractivity contribution in [2.24, 2.45) is 10.9 Å². The zero-order valence-corrected chi connectivity index (χ0v) is 11.1. The third-order valence-corrected chi connectivity index (χ3v) is 4.33. The van der Waals surface area contributed by atoms with Crippen LogP contribution in [0, 0.1) is 0 Å². The molecule has 1 unspecified atom stereocenters. The first-order valence-electron chi connectivity index (χ1n) is 6.17. The van der Waals surface area contributed by atoms with E-state index in [4.69, 9.17) is 10.9 Å². The van der Waals surface area contributed by atoms with E-state index in [0.29, 0.717) is 6.04 Å². The maximum absolute atomic E-state index is 8.58. The molecule has 4 nitrogen and oxygen atoms in total. The number of rotatable bonds is 4. The molecular weight excluding hydrogens is 246 g/mol. The Labute approximate surface area is 112 Å². The van der Waals surface area contributed by atoms with Crippen LogP contribution in [0.15, 0.2) is 29.4 Å². The van der Waals surface area contributed by atoms with Crippen LogP contribution in [0.1, 0.15) is 24.0 Å². The number of amidine groups is 1. The quantitative estimate of drug-likeness (QED) is 0.336. The first-order chi connectivity index (χ1) is 8.79. The number of nitrogens with zero attached hydrogens (tertiary/aromatic N) is 1. The minimum atomic E-state index is 0.151. The molecule has 0 radical (unpaired) electrons. The molecule has 0 aromatic heterocycles. The second-order valence-corrected chi connectivity index (χ2v) is 5.63. The van der Waals surface area contributed by atoms with Crippen LogP contribution in [0.5, 0.6) is 0 Å². The minimum Gasteiger partial charge on any atom is -0.409 e. The fourth-order valence-electron chi connectivity index (χ4n) is 2.01. The Morgan fingerprint density at radius 2 is 2.22 bits per heavy atom. The topological polar surface area (TPSA) is 70.6 Å². The molecule has 1 saturated heterocycles. The maximum atomic E-state index is 8.58. The minimum absolute atomic E-state index is 0.151. The summed E-state index contributed by atoms with van der Waals surface area (Å²) in [6.45, 7) is 0.877. The van der Waals surface area contributed by atoms with Crippen molar-refractivity contribution >= 4 is 17.6 Å². The Hall–Kier alpha value is -1.20. The monoisotopic (exact) mass is 265 g/mol. The summed E-state index contributed by atoms with van der Waals surface area (Å²) in [6.07, 6.45) is 2.58. The SMILES string of the molecule is N/C(=N/O)c1ccc(CNC2CCCSC2)cc1. The van der Waals surface area contributed by atoms with Crippen molar-refractivity contribution in [3.05, 3.63) is 35.4 Å². The molecule has 1 atom stereocenters. The number of nitrogens with two attached hydrogens (primary N) is 1. The first kappa shape index (κ1) is 13.2. The molecule has 0 aliphatic carbocycles. The summed E-state index contributed by atoms with van der Waals surface area (Å²) in [5.41, 5.74) is 7.48. The number of oxime groups is 1. The van der Waals surface area contributed by atoms with Crippen molar-refractivity contribution in [2.75, 3.05) is 11.5 Å². The van der Waals surface area contributed by atoms with Crippen LogP contribution in [0.2, 0.25) is 0 Å². The summed E-state index contributed by atoms with van der Waals surface area (Å²) < 4.78 is 0. The van der Waals surface area contributed by atoms with Crippen LogP contribution in [-0.2, 0) is 6.54 Å². The molecule has 2 rings (SSSR count). The molecule has 0 bridgehead atoms. The van der Waals surface area contributed by atoms with Gasteiger partial charge in [0.15, 0.2) is 5.84 Å². The zero-order valence-electron chi connectivity index (χ0n) is 10.3. The summed E-state index contributed by atoms with van der Waals surface area (Å²) in [6, 6.07) is 8.41. The van der Waals surface area contributed by atoms with Gasteiger partial charge >= 0.3 is 0 Å². The van der Waals surface area contributed by atoms with E-state index in [2.05, 4.69) is 10.5 Å². The van der Waals surface area contributed by atoms with Gasteiger partial charge in [0.05, 0.1) is 0 Å². The van der Waals surface area contributed by atoms with E-state index in [-0.39, 0.29) is 5.84 Å². The van der Waals surface area contributed by atoms with Crippen LogP contribution < -0.4 is 11.1 Å². The van der Waals surface area contributed by atoms with Gasteiger partial charge in [0.2, 0.25) is 0 Å². The van der Waals surface area contributed by atoms with E-state index < -0.39 is 0 Å². The van der Waals surface area contributed by atoms with Gasteiger partial charge in [-0.3, -0.25) is 0 Å². The summed E-state index contributed by atoms with van der Waals surface area (Å²) in [7, 11) is 0. The highest BCUT2D eigenvalue weighted by atomic mass is 32.2. The Kier molecular flexibility index (Phi) is 4.90. The van der Waals surface area contributed by atoms with Gasteiger partial charge in [-0.2, -0.15) is 11.8 Å². The van der Waals surface area contributed by atoms with Gasteiger partial charge in [-0.05, 0) is 24.2 Å². The summed E-state index contributed by atoms with van der Waals surface area (Å²) >= 11 is 2.02. The molecule has 0 amide bonds. The van der Waals surface area contributed by atoms with Gasteiger partial charge in [-0.25, -0.2) is 0 Å². The summed E-state index contributed by atoms with van der Waals surface area (Å²) in [5, 5.41) is 15.1. The van der Waals surface area contributed by atoms with Gasteiger partial charge in [-0.1, -0.05) is 29.4 Å². The first-order valence-corrected chi connectivity index (χ1v) is 7.33. The zero-order chi connectivity index (χ0) is 12.8. The molecule has 1 aromatic carbocycles. The second-order valence-electron chi connectivity index (χ2n) is 4.48. The van der Waals surface area contributed by atoms with E-state index in [1.165, 1.54) is 29.9 Å². The molecule has 1 aromatic rings. The van der Waals surface area contributed by atoms with Gasteiger partial charge in [0.25, 0.3) is 0 Å². The van der Waals surface area contributed by atoms with Gasteiger partial charge in [0, 0.05) is 23.9 Å². The standard InChI is InChI=1S/C13H19N3OS/c14-13(16-17)11-5-3-10(4-6-11)8-15-12-2-1-7-18-9-12/h3-6,12,15,17H,1-2,7-9H2,(H2,14,16). The van der Waals surface area contributed by atoms with Crippen molar-refractivity contribution in [2.45, 2.75) is 25.4 Å². The lowest BCUT2D eigenvalue weighted by molar-refractivity contribution is 0.318. The number of nitrogens with one attached hydrogen (secondary N) is 1. The molecule has 18 heavy (non-hydrogen) atoms. The Morgan fingerprint density at radius 1 is 1.44 bits per heavy atom. The molecule has 1 aliphatic rings. The summed E-state index contributed by atoms with van der Waals surface area (Å²) in [4.78, 5) is 0. The average Bonchev–Trinajstić information content (AvgIpc) is 2.46. The molecule has 0 spiro atoms. The number of hydrogen-bond donors (Lipinski definition) is 3. The van der Waals surface area contributed by atoms with Crippen LogP contribution in [0.3, 0.4) is 0 Å². The highest BCUT2D eigenvalue weighted by molar-refractivity contribution is 7.99. The van der Waals surface area contributed by atoms with Crippen molar-refractivity contribution in [1.82, 2.24) is 5.32 Å². The third-order valence-electron chi connectivity index (χ3n) is 3.11. The molecule has 0 saturated carbocycles. The van der Waals surface area contributed by atoms with Crippen molar-refractivity contribution < 1.29 is 5.21 Å². The fraction of sp³-hybridized carbons (Fsp3) is 0.462. The van der Waals surface area contributed by atoms with E-state index >= 15 is 0 Å². The normalized spacial score (nSPS) is 20.9. The third kappa shape index (κ3) is 3.65. The fourth-order valence-corrected chi connectivity index (χ4v) is 3.12. The smallest absolute Gasteiger partial charge is 0.170 e. The van der Waals surface area contributed by atoms with E-state index in [1.54, 1.807) is 0 Å². The highest BCUT2D eigenvalue weighted by Crippen LogP contribution is 2.17. The Morgan fingerprint density at radius 3 is 2.83 bits per heavy atom.